The lowest BCUT2D eigenvalue weighted by molar-refractivity contribution is 0.102. The van der Waals surface area contributed by atoms with Crippen LogP contribution < -0.4 is 10.1 Å². The molecule has 0 unspecified atom stereocenters. The summed E-state index contributed by atoms with van der Waals surface area (Å²) in [5.41, 5.74) is 4.07. The summed E-state index contributed by atoms with van der Waals surface area (Å²) < 4.78 is 11.7. The summed E-state index contributed by atoms with van der Waals surface area (Å²) in [5.74, 6) is 1.34. The van der Waals surface area contributed by atoms with Crippen LogP contribution in [0.4, 0.5) is 5.82 Å². The third-order valence-electron chi connectivity index (χ3n) is 5.34. The molecule has 0 saturated carbocycles. The molecule has 1 amide bonds. The van der Waals surface area contributed by atoms with E-state index in [2.05, 4.69) is 25.5 Å². The quantitative estimate of drug-likeness (QED) is 0.348. The maximum atomic E-state index is 12.8. The average Bonchev–Trinajstić information content (AvgIpc) is 3.39. The highest BCUT2D eigenvalue weighted by molar-refractivity contribution is 6.04. The predicted octanol–water partition coefficient (Wildman–Crippen LogP) is 5.33. The van der Waals surface area contributed by atoms with Gasteiger partial charge in [-0.05, 0) is 72.6 Å². The molecule has 8 heteroatoms. The third-order valence-corrected chi connectivity index (χ3v) is 5.34. The van der Waals surface area contributed by atoms with Crippen molar-refractivity contribution in [1.29, 1.82) is 0 Å². The van der Waals surface area contributed by atoms with Gasteiger partial charge in [0.25, 0.3) is 5.91 Å². The van der Waals surface area contributed by atoms with E-state index in [9.17, 15) is 4.79 Å². The van der Waals surface area contributed by atoms with Gasteiger partial charge in [-0.15, -0.1) is 10.2 Å². The van der Waals surface area contributed by atoms with Crippen molar-refractivity contribution in [2.75, 3.05) is 5.32 Å². The highest BCUT2D eigenvalue weighted by Crippen LogP contribution is 2.27. The fourth-order valence-electron chi connectivity index (χ4n) is 3.45. The number of carbonyl (C=O) groups is 1. The van der Waals surface area contributed by atoms with Crippen molar-refractivity contribution in [2.24, 2.45) is 0 Å². The summed E-state index contributed by atoms with van der Waals surface area (Å²) in [4.78, 5) is 21.1. The number of benzene rings is 2. The third kappa shape index (κ3) is 5.06. The minimum atomic E-state index is -0.310. The predicted molar refractivity (Wildman–Crippen MR) is 131 cm³/mol. The average molecular weight is 463 g/mol. The Bertz CT molecular complexity index is 1450. The van der Waals surface area contributed by atoms with Gasteiger partial charge in [0.15, 0.2) is 11.6 Å². The number of rotatable bonds is 7. The van der Waals surface area contributed by atoms with E-state index >= 15 is 0 Å². The number of ether oxygens (including phenoxy) is 1. The minimum absolute atomic E-state index is 0.310. The molecule has 0 saturated heterocycles. The van der Waals surface area contributed by atoms with Crippen LogP contribution in [-0.2, 0) is 6.61 Å². The Morgan fingerprint density at radius 1 is 0.886 bits per heavy atom. The van der Waals surface area contributed by atoms with Crippen LogP contribution in [0.25, 0.3) is 22.9 Å². The van der Waals surface area contributed by atoms with Crippen molar-refractivity contribution in [2.45, 2.75) is 13.5 Å². The Kier molecular flexibility index (Phi) is 6.25. The van der Waals surface area contributed by atoms with Gasteiger partial charge in [0.2, 0.25) is 11.8 Å². The molecule has 3 aromatic heterocycles. The van der Waals surface area contributed by atoms with Crippen molar-refractivity contribution >= 4 is 11.7 Å². The van der Waals surface area contributed by atoms with E-state index in [1.54, 1.807) is 55.0 Å². The van der Waals surface area contributed by atoms with Gasteiger partial charge in [0, 0.05) is 35.3 Å². The molecular formula is C27H21N5O3. The van der Waals surface area contributed by atoms with Gasteiger partial charge in [-0.2, -0.15) is 0 Å². The Labute approximate surface area is 201 Å². The Hall–Kier alpha value is -4.85. The molecule has 2 aromatic carbocycles. The standard InChI is InChI=1S/C27H21N5O3/c1-18-5-2-3-6-22(18)27-32-31-26(35-27)21-10-8-20(9-11-21)25(33)30-24-23(7-4-14-29-24)34-17-19-12-15-28-16-13-19/h2-16H,17H2,1H3,(H,29,30,33). The molecule has 3 heterocycles. The second-order valence-electron chi connectivity index (χ2n) is 7.75. The topological polar surface area (TPSA) is 103 Å². The van der Waals surface area contributed by atoms with Crippen LogP contribution in [0.3, 0.4) is 0 Å². The van der Waals surface area contributed by atoms with Crippen LogP contribution in [0, 0.1) is 6.92 Å². The van der Waals surface area contributed by atoms with Crippen molar-refractivity contribution < 1.29 is 13.9 Å². The van der Waals surface area contributed by atoms with Crippen molar-refractivity contribution in [3.63, 3.8) is 0 Å². The van der Waals surface area contributed by atoms with Crippen LogP contribution in [-0.4, -0.2) is 26.1 Å². The minimum Gasteiger partial charge on any atom is -0.485 e. The molecule has 0 aliphatic rings. The van der Waals surface area contributed by atoms with E-state index in [4.69, 9.17) is 9.15 Å². The molecule has 172 valence electrons. The molecule has 0 radical (unpaired) electrons. The molecule has 0 aliphatic carbocycles. The van der Waals surface area contributed by atoms with E-state index in [1.807, 2.05) is 43.3 Å². The Balaban J connectivity index is 1.28. The molecule has 0 atom stereocenters. The molecular weight excluding hydrogens is 442 g/mol. The van der Waals surface area contributed by atoms with Gasteiger partial charge in [-0.1, -0.05) is 18.2 Å². The summed E-state index contributed by atoms with van der Waals surface area (Å²) in [6, 6.07) is 22.0. The zero-order valence-electron chi connectivity index (χ0n) is 18.9. The van der Waals surface area contributed by atoms with Crippen LogP contribution in [0.15, 0.2) is 95.8 Å². The molecule has 1 N–H and O–H groups in total. The molecule has 35 heavy (non-hydrogen) atoms. The number of carbonyl (C=O) groups excluding carboxylic acids is 1. The zero-order valence-corrected chi connectivity index (χ0v) is 18.9. The van der Waals surface area contributed by atoms with Crippen LogP contribution >= 0.6 is 0 Å². The monoisotopic (exact) mass is 463 g/mol. The lowest BCUT2D eigenvalue weighted by Crippen LogP contribution is -2.14. The van der Waals surface area contributed by atoms with Gasteiger partial charge in [-0.25, -0.2) is 4.98 Å². The first-order valence-electron chi connectivity index (χ1n) is 11.0. The Morgan fingerprint density at radius 3 is 2.46 bits per heavy atom. The van der Waals surface area contributed by atoms with E-state index in [0.717, 1.165) is 16.7 Å². The van der Waals surface area contributed by atoms with Crippen LogP contribution in [0.2, 0.25) is 0 Å². The molecule has 5 aromatic rings. The number of pyridine rings is 2. The second kappa shape index (κ2) is 9.96. The van der Waals surface area contributed by atoms with E-state index < -0.39 is 0 Å². The fraction of sp³-hybridized carbons (Fsp3) is 0.0741. The van der Waals surface area contributed by atoms with Crippen molar-refractivity contribution in [3.05, 3.63) is 108 Å². The highest BCUT2D eigenvalue weighted by atomic mass is 16.5. The number of hydrogen-bond donors (Lipinski definition) is 1. The lowest BCUT2D eigenvalue weighted by atomic mass is 10.1. The number of aryl methyl sites for hydroxylation is 1. The molecule has 0 aliphatic heterocycles. The van der Waals surface area contributed by atoms with Gasteiger partial charge < -0.3 is 14.5 Å². The van der Waals surface area contributed by atoms with Gasteiger partial charge >= 0.3 is 0 Å². The smallest absolute Gasteiger partial charge is 0.256 e. The zero-order chi connectivity index (χ0) is 24.0. The normalized spacial score (nSPS) is 10.7. The second-order valence-corrected chi connectivity index (χ2v) is 7.75. The maximum Gasteiger partial charge on any atom is 0.256 e. The molecule has 8 nitrogen and oxygen atoms in total. The summed E-state index contributed by atoms with van der Waals surface area (Å²) in [6.07, 6.45) is 5.00. The van der Waals surface area contributed by atoms with E-state index in [0.29, 0.717) is 41.1 Å². The Morgan fingerprint density at radius 2 is 1.66 bits per heavy atom. The summed E-state index contributed by atoms with van der Waals surface area (Å²) in [6.45, 7) is 2.32. The van der Waals surface area contributed by atoms with E-state index in [-0.39, 0.29) is 5.91 Å². The number of nitrogens with one attached hydrogen (secondary N) is 1. The molecule has 0 fully saturated rings. The summed E-state index contributed by atoms with van der Waals surface area (Å²) in [5, 5.41) is 11.1. The van der Waals surface area contributed by atoms with Crippen LogP contribution in [0.5, 0.6) is 5.75 Å². The number of amides is 1. The number of anilines is 1. The van der Waals surface area contributed by atoms with Crippen LogP contribution in [0.1, 0.15) is 21.5 Å². The number of nitrogens with zero attached hydrogens (tertiary/aromatic N) is 4. The fourth-order valence-corrected chi connectivity index (χ4v) is 3.45. The SMILES string of the molecule is Cc1ccccc1-c1nnc(-c2ccc(C(=O)Nc3ncccc3OCc3ccncc3)cc2)o1. The van der Waals surface area contributed by atoms with Crippen molar-refractivity contribution in [3.8, 4) is 28.7 Å². The summed E-state index contributed by atoms with van der Waals surface area (Å²) in [7, 11) is 0. The first-order chi connectivity index (χ1) is 17.2. The van der Waals surface area contributed by atoms with E-state index in [1.165, 1.54) is 0 Å². The summed E-state index contributed by atoms with van der Waals surface area (Å²) >= 11 is 0. The molecule has 0 spiro atoms. The van der Waals surface area contributed by atoms with Gasteiger partial charge in [0.1, 0.15) is 6.61 Å². The first kappa shape index (κ1) is 22.0. The van der Waals surface area contributed by atoms with Crippen molar-refractivity contribution in [1.82, 2.24) is 20.2 Å². The maximum absolute atomic E-state index is 12.8. The highest BCUT2D eigenvalue weighted by Gasteiger charge is 2.15. The molecule has 5 rings (SSSR count). The lowest BCUT2D eigenvalue weighted by Gasteiger charge is -2.11. The number of hydrogen-bond acceptors (Lipinski definition) is 7. The van der Waals surface area contributed by atoms with Gasteiger partial charge in [0.05, 0.1) is 0 Å². The first-order valence-corrected chi connectivity index (χ1v) is 11.0. The van der Waals surface area contributed by atoms with Gasteiger partial charge in [-0.3, -0.25) is 9.78 Å². The largest absolute Gasteiger partial charge is 0.485 e. The number of aromatic nitrogens is 4. The molecule has 0 bridgehead atoms.